The van der Waals surface area contributed by atoms with Gasteiger partial charge in [0.15, 0.2) is 0 Å². The van der Waals surface area contributed by atoms with Crippen molar-refractivity contribution in [3.8, 4) is 5.75 Å². The number of amides is 1. The first-order valence-corrected chi connectivity index (χ1v) is 11.0. The van der Waals surface area contributed by atoms with Crippen LogP contribution in [0.4, 0.5) is 17.6 Å². The number of aliphatic carboxylic acids is 1. The van der Waals surface area contributed by atoms with Crippen LogP contribution in [0.15, 0.2) is 54.7 Å². The Morgan fingerprint density at radius 2 is 1.72 bits per heavy atom. The second kappa shape index (κ2) is 11.2. The van der Waals surface area contributed by atoms with Gasteiger partial charge in [0.1, 0.15) is 29.0 Å². The van der Waals surface area contributed by atoms with Crippen LogP contribution in [0, 0.1) is 11.6 Å². The lowest BCUT2D eigenvalue weighted by Gasteiger charge is -2.21. The van der Waals surface area contributed by atoms with Gasteiger partial charge >= 0.3 is 5.97 Å². The fourth-order valence-corrected chi connectivity index (χ4v) is 3.80. The molecular formula is C26H24F4N2O4. The van der Waals surface area contributed by atoms with Crippen LogP contribution in [0.3, 0.4) is 0 Å². The minimum Gasteiger partial charge on any atom is -0.496 e. The lowest BCUT2D eigenvalue weighted by Crippen LogP contribution is -2.43. The number of methoxy groups -OCH3 is 1. The van der Waals surface area contributed by atoms with Gasteiger partial charge < -0.3 is 15.2 Å². The van der Waals surface area contributed by atoms with Gasteiger partial charge in [0.25, 0.3) is 11.8 Å². The number of nitrogens with one attached hydrogen (secondary N) is 1. The third kappa shape index (κ3) is 5.99. The van der Waals surface area contributed by atoms with Crippen LogP contribution >= 0.6 is 0 Å². The van der Waals surface area contributed by atoms with Gasteiger partial charge in [-0.3, -0.25) is 9.78 Å². The van der Waals surface area contributed by atoms with E-state index < -0.39 is 47.5 Å². The van der Waals surface area contributed by atoms with E-state index in [0.29, 0.717) is 11.1 Å². The normalized spacial score (nSPS) is 12.2. The van der Waals surface area contributed by atoms with E-state index in [1.807, 2.05) is 0 Å². The summed E-state index contributed by atoms with van der Waals surface area (Å²) < 4.78 is 62.3. The Morgan fingerprint density at radius 1 is 1.08 bits per heavy atom. The number of rotatable bonds is 10. The van der Waals surface area contributed by atoms with E-state index in [2.05, 4.69) is 10.3 Å². The number of halogens is 4. The van der Waals surface area contributed by atoms with Crippen LogP contribution in [0.5, 0.6) is 5.75 Å². The molecule has 10 heteroatoms. The Morgan fingerprint density at radius 3 is 2.33 bits per heavy atom. The molecule has 1 atom stereocenters. The molecule has 1 aromatic heterocycles. The summed E-state index contributed by atoms with van der Waals surface area (Å²) in [6, 6.07) is 9.19. The molecule has 0 fully saturated rings. The Hall–Kier alpha value is -3.95. The molecule has 0 saturated heterocycles. The van der Waals surface area contributed by atoms with E-state index in [1.54, 1.807) is 24.3 Å². The minimum atomic E-state index is -3.17. The molecule has 36 heavy (non-hydrogen) atoms. The van der Waals surface area contributed by atoms with E-state index in [1.165, 1.54) is 26.3 Å². The van der Waals surface area contributed by atoms with E-state index >= 15 is 0 Å². The number of aromatic nitrogens is 1. The zero-order valence-corrected chi connectivity index (χ0v) is 19.5. The van der Waals surface area contributed by atoms with E-state index in [9.17, 15) is 32.3 Å². The molecule has 0 bridgehead atoms. The molecule has 0 radical (unpaired) electrons. The number of carbonyl (C=O) groups excluding carboxylic acids is 1. The monoisotopic (exact) mass is 504 g/mol. The lowest BCUT2D eigenvalue weighted by molar-refractivity contribution is -0.139. The topological polar surface area (TPSA) is 88.5 Å². The Balaban J connectivity index is 1.85. The smallest absolute Gasteiger partial charge is 0.326 e. The molecule has 0 saturated carbocycles. The molecule has 0 aliphatic rings. The molecule has 2 aromatic carbocycles. The summed E-state index contributed by atoms with van der Waals surface area (Å²) in [4.78, 5) is 28.3. The predicted molar refractivity (Wildman–Crippen MR) is 123 cm³/mol. The van der Waals surface area contributed by atoms with Gasteiger partial charge in [0, 0.05) is 25.5 Å². The molecule has 1 amide bonds. The standard InChI is InChI=1S/C26H24F4N2O4/c1-3-26(29,30)23-19(31-11-10-21(23)36-2)13-15-6-4-7-16(12-15)14-20(25(34)35)32-24(33)22-17(27)8-5-9-18(22)28/h4-12,20H,3,13-14H2,1-2H3,(H,32,33)(H,34,35)/t20-/m0/s1. The van der Waals surface area contributed by atoms with Crippen molar-refractivity contribution in [2.24, 2.45) is 0 Å². The fraction of sp³-hybridized carbons (Fsp3) is 0.269. The maximum Gasteiger partial charge on any atom is 0.326 e. The third-order valence-corrected chi connectivity index (χ3v) is 5.62. The summed E-state index contributed by atoms with van der Waals surface area (Å²) in [7, 11) is 1.29. The molecule has 3 aromatic rings. The third-order valence-electron chi connectivity index (χ3n) is 5.62. The van der Waals surface area contributed by atoms with E-state index in [4.69, 9.17) is 4.74 Å². The number of alkyl halides is 2. The molecular weight excluding hydrogens is 480 g/mol. The summed E-state index contributed by atoms with van der Waals surface area (Å²) >= 11 is 0. The summed E-state index contributed by atoms with van der Waals surface area (Å²) in [5.74, 6) is -8.02. The number of hydrogen-bond acceptors (Lipinski definition) is 4. The summed E-state index contributed by atoms with van der Waals surface area (Å²) in [5.41, 5.74) is -0.0663. The summed E-state index contributed by atoms with van der Waals surface area (Å²) in [6.07, 6.45) is 0.713. The van der Waals surface area contributed by atoms with Crippen molar-refractivity contribution in [2.75, 3.05) is 7.11 Å². The first-order chi connectivity index (χ1) is 17.1. The molecule has 0 unspecified atom stereocenters. The number of nitrogens with zero attached hydrogens (tertiary/aromatic N) is 1. The maximum absolute atomic E-state index is 14.7. The molecule has 190 valence electrons. The maximum atomic E-state index is 14.7. The summed E-state index contributed by atoms with van der Waals surface area (Å²) in [6.45, 7) is 1.35. The number of carboxylic acid groups (broad SMARTS) is 1. The SMILES string of the molecule is CCC(F)(F)c1c(OC)ccnc1Cc1cccc(C[C@H](NC(=O)c2c(F)cccc2F)C(=O)O)c1. The Kier molecular flexibility index (Phi) is 8.29. The van der Waals surface area contributed by atoms with Gasteiger partial charge in [0.2, 0.25) is 0 Å². The zero-order chi connectivity index (χ0) is 26.5. The average molecular weight is 504 g/mol. The number of ether oxygens (including phenoxy) is 1. The highest BCUT2D eigenvalue weighted by molar-refractivity contribution is 5.97. The second-order valence-corrected chi connectivity index (χ2v) is 8.05. The van der Waals surface area contributed by atoms with Gasteiger partial charge in [-0.15, -0.1) is 0 Å². The molecule has 0 spiro atoms. The van der Waals surface area contributed by atoms with Crippen LogP contribution in [-0.4, -0.2) is 35.1 Å². The van der Waals surface area contributed by atoms with Crippen LogP contribution in [-0.2, 0) is 23.6 Å². The molecule has 2 N–H and O–H groups in total. The van der Waals surface area contributed by atoms with E-state index in [-0.39, 0.29) is 29.8 Å². The number of benzene rings is 2. The number of hydrogen-bond donors (Lipinski definition) is 2. The lowest BCUT2D eigenvalue weighted by atomic mass is 9.96. The minimum absolute atomic E-state index is 0.0111. The van der Waals surface area contributed by atoms with Crippen molar-refractivity contribution in [3.05, 3.63) is 94.3 Å². The van der Waals surface area contributed by atoms with Gasteiger partial charge in [-0.05, 0) is 29.3 Å². The first-order valence-electron chi connectivity index (χ1n) is 11.0. The molecule has 1 heterocycles. The van der Waals surface area contributed by atoms with Crippen molar-refractivity contribution in [3.63, 3.8) is 0 Å². The van der Waals surface area contributed by atoms with Crippen molar-refractivity contribution < 1.29 is 37.0 Å². The quantitative estimate of drug-likeness (QED) is 0.384. The fourth-order valence-electron chi connectivity index (χ4n) is 3.80. The summed E-state index contributed by atoms with van der Waals surface area (Å²) in [5, 5.41) is 11.7. The van der Waals surface area contributed by atoms with Gasteiger partial charge in [0.05, 0.1) is 18.4 Å². The zero-order valence-electron chi connectivity index (χ0n) is 19.5. The molecule has 0 aliphatic heterocycles. The number of pyridine rings is 1. The molecule has 0 aliphatic carbocycles. The van der Waals surface area contributed by atoms with Gasteiger partial charge in [-0.2, -0.15) is 0 Å². The highest BCUT2D eigenvalue weighted by Crippen LogP contribution is 2.39. The van der Waals surface area contributed by atoms with Crippen LogP contribution in [0.2, 0.25) is 0 Å². The van der Waals surface area contributed by atoms with Gasteiger partial charge in [-0.25, -0.2) is 22.4 Å². The van der Waals surface area contributed by atoms with Crippen molar-refractivity contribution in [1.29, 1.82) is 0 Å². The number of carboxylic acids is 1. The average Bonchev–Trinajstić information content (AvgIpc) is 2.83. The van der Waals surface area contributed by atoms with Crippen molar-refractivity contribution >= 4 is 11.9 Å². The molecule has 3 rings (SSSR count). The van der Waals surface area contributed by atoms with Crippen LogP contribution < -0.4 is 10.1 Å². The van der Waals surface area contributed by atoms with E-state index in [0.717, 1.165) is 18.2 Å². The Labute approximate surface area is 204 Å². The Bertz CT molecular complexity index is 1250. The first kappa shape index (κ1) is 26.7. The highest BCUT2D eigenvalue weighted by Gasteiger charge is 2.36. The van der Waals surface area contributed by atoms with Crippen molar-refractivity contribution in [2.45, 2.75) is 38.2 Å². The van der Waals surface area contributed by atoms with Crippen LogP contribution in [0.1, 0.15) is 46.1 Å². The molecule has 6 nitrogen and oxygen atoms in total. The van der Waals surface area contributed by atoms with Crippen LogP contribution in [0.25, 0.3) is 0 Å². The largest absolute Gasteiger partial charge is 0.496 e. The number of carbonyl (C=O) groups is 2. The second-order valence-electron chi connectivity index (χ2n) is 8.05. The van der Waals surface area contributed by atoms with Crippen molar-refractivity contribution in [1.82, 2.24) is 10.3 Å². The predicted octanol–water partition coefficient (Wildman–Crippen LogP) is 4.89. The highest BCUT2D eigenvalue weighted by atomic mass is 19.3. The van der Waals surface area contributed by atoms with Gasteiger partial charge in [-0.1, -0.05) is 37.3 Å².